The topological polar surface area (TPSA) is 69.7 Å². The van der Waals surface area contributed by atoms with Gasteiger partial charge in [-0.25, -0.2) is 8.78 Å². The van der Waals surface area contributed by atoms with E-state index >= 15 is 0 Å². The molecule has 35 heavy (non-hydrogen) atoms. The van der Waals surface area contributed by atoms with Gasteiger partial charge in [-0.05, 0) is 52.9 Å². The number of nitrogens with zero attached hydrogens (tertiary/aromatic N) is 3. The predicted molar refractivity (Wildman–Crippen MR) is 134 cm³/mol. The van der Waals surface area contributed by atoms with Crippen LogP contribution in [-0.2, 0) is 13.6 Å². The van der Waals surface area contributed by atoms with Crippen LogP contribution in [0.3, 0.4) is 0 Å². The third-order valence-corrected chi connectivity index (χ3v) is 6.85. The molecule has 0 aliphatic carbocycles. The minimum absolute atomic E-state index is 0.0865. The number of likely N-dealkylation sites (tertiary alicyclic amines) is 1. The molecule has 0 atom stereocenters. The third-order valence-electron chi connectivity index (χ3n) is 6.85. The SMILES string of the molecule is Cn1cc(-c2ccc3[nH]c(=O)c(-c4cc5cc(CN6CCC(F)(F)CC6)ccc5[nH]4)cc3c2)cn1. The molecule has 0 saturated carbocycles. The van der Waals surface area contributed by atoms with E-state index in [9.17, 15) is 13.6 Å². The van der Waals surface area contributed by atoms with Crippen molar-refractivity contribution >= 4 is 21.8 Å². The van der Waals surface area contributed by atoms with Gasteiger partial charge in [0.05, 0.1) is 17.5 Å². The van der Waals surface area contributed by atoms with Gasteiger partial charge in [0.15, 0.2) is 0 Å². The Hall–Kier alpha value is -3.78. The molecule has 0 unspecified atom stereocenters. The predicted octanol–water partition coefficient (Wildman–Crippen LogP) is 5.31. The number of piperidine rings is 1. The number of hydrogen-bond acceptors (Lipinski definition) is 3. The van der Waals surface area contributed by atoms with Crippen molar-refractivity contribution in [3.8, 4) is 22.4 Å². The molecule has 6 rings (SSSR count). The summed E-state index contributed by atoms with van der Waals surface area (Å²) in [5, 5.41) is 6.17. The third kappa shape index (κ3) is 4.25. The van der Waals surface area contributed by atoms with E-state index in [2.05, 4.69) is 32.1 Å². The zero-order valence-corrected chi connectivity index (χ0v) is 19.3. The van der Waals surface area contributed by atoms with Gasteiger partial charge >= 0.3 is 0 Å². The molecule has 4 heterocycles. The van der Waals surface area contributed by atoms with E-state index in [-0.39, 0.29) is 18.4 Å². The molecule has 3 aromatic heterocycles. The van der Waals surface area contributed by atoms with Gasteiger partial charge in [-0.1, -0.05) is 12.1 Å². The second-order valence-electron chi connectivity index (χ2n) is 9.45. The Labute approximate surface area is 200 Å². The molecule has 0 spiro atoms. The number of nitrogens with one attached hydrogen (secondary N) is 2. The van der Waals surface area contributed by atoms with Gasteiger partial charge in [0.2, 0.25) is 0 Å². The first kappa shape index (κ1) is 21.7. The van der Waals surface area contributed by atoms with Crippen molar-refractivity contribution in [2.45, 2.75) is 25.3 Å². The van der Waals surface area contributed by atoms with E-state index < -0.39 is 5.92 Å². The zero-order chi connectivity index (χ0) is 24.2. The largest absolute Gasteiger partial charge is 0.354 e. The maximum Gasteiger partial charge on any atom is 0.257 e. The summed E-state index contributed by atoms with van der Waals surface area (Å²) in [6, 6.07) is 15.9. The number of aromatic nitrogens is 4. The Morgan fingerprint density at radius 1 is 0.943 bits per heavy atom. The number of rotatable bonds is 4. The first-order chi connectivity index (χ1) is 16.8. The Morgan fingerprint density at radius 3 is 2.46 bits per heavy atom. The molecule has 1 saturated heterocycles. The van der Waals surface area contributed by atoms with Crippen molar-refractivity contribution in [3.05, 3.63) is 76.8 Å². The fourth-order valence-corrected chi connectivity index (χ4v) is 4.88. The van der Waals surface area contributed by atoms with Crippen molar-refractivity contribution in [2.24, 2.45) is 7.05 Å². The van der Waals surface area contributed by atoms with Crippen molar-refractivity contribution in [1.29, 1.82) is 0 Å². The molecule has 1 fully saturated rings. The number of aromatic amines is 2. The molecule has 0 amide bonds. The van der Waals surface area contributed by atoms with Gasteiger partial charge in [-0.2, -0.15) is 5.10 Å². The van der Waals surface area contributed by atoms with Crippen LogP contribution in [0.2, 0.25) is 0 Å². The summed E-state index contributed by atoms with van der Waals surface area (Å²) >= 11 is 0. The number of halogens is 2. The lowest BCUT2D eigenvalue weighted by molar-refractivity contribution is -0.0566. The Bertz CT molecular complexity index is 1600. The number of fused-ring (bicyclic) bond motifs is 2. The summed E-state index contributed by atoms with van der Waals surface area (Å²) in [6.07, 6.45) is 3.60. The number of pyridine rings is 1. The molecule has 0 bridgehead atoms. The molecule has 178 valence electrons. The highest BCUT2D eigenvalue weighted by molar-refractivity contribution is 5.90. The lowest BCUT2D eigenvalue weighted by atomic mass is 10.0. The highest BCUT2D eigenvalue weighted by Crippen LogP contribution is 2.30. The van der Waals surface area contributed by atoms with Crippen LogP contribution < -0.4 is 5.56 Å². The number of aryl methyl sites for hydroxylation is 1. The van der Waals surface area contributed by atoms with E-state index in [1.165, 1.54) is 0 Å². The molecule has 5 aromatic rings. The minimum Gasteiger partial charge on any atom is -0.354 e. The van der Waals surface area contributed by atoms with Gasteiger partial charge in [0.25, 0.3) is 11.5 Å². The molecular formula is C27H25F2N5O. The maximum absolute atomic E-state index is 13.5. The lowest BCUT2D eigenvalue weighted by Gasteiger charge is -2.31. The summed E-state index contributed by atoms with van der Waals surface area (Å²) < 4.78 is 28.7. The molecule has 8 heteroatoms. The molecule has 2 aromatic carbocycles. The molecule has 6 nitrogen and oxygen atoms in total. The lowest BCUT2D eigenvalue weighted by Crippen LogP contribution is -2.38. The standard InChI is InChI=1S/C27H25F2N5O/c1-33-16-21(14-30-33)18-3-5-24-20(11-18)12-22(26(35)32-24)25-13-19-10-17(2-4-23(19)31-25)15-34-8-6-27(28,29)7-9-34/h2-5,10-14,16,31H,6-9,15H2,1H3,(H,32,35). The van der Waals surface area contributed by atoms with Crippen LogP contribution >= 0.6 is 0 Å². The van der Waals surface area contributed by atoms with E-state index in [0.717, 1.165) is 44.2 Å². The normalized spacial score (nSPS) is 16.3. The Balaban J connectivity index is 1.31. The number of H-pyrrole nitrogens is 2. The van der Waals surface area contributed by atoms with E-state index in [1.54, 1.807) is 4.68 Å². The number of alkyl halides is 2. The number of hydrogen-bond donors (Lipinski definition) is 2. The van der Waals surface area contributed by atoms with Gasteiger partial charge in [0, 0.05) is 67.7 Å². The smallest absolute Gasteiger partial charge is 0.257 e. The van der Waals surface area contributed by atoms with E-state index in [0.29, 0.717) is 25.2 Å². The van der Waals surface area contributed by atoms with Gasteiger partial charge in [0.1, 0.15) is 0 Å². The molecule has 1 aliphatic heterocycles. The second-order valence-corrected chi connectivity index (χ2v) is 9.45. The van der Waals surface area contributed by atoms with Crippen LogP contribution in [0.15, 0.2) is 65.7 Å². The first-order valence-corrected chi connectivity index (χ1v) is 11.7. The van der Waals surface area contributed by atoms with Gasteiger partial charge in [-0.15, -0.1) is 0 Å². The minimum atomic E-state index is -2.54. The van der Waals surface area contributed by atoms with Crippen molar-refractivity contribution in [2.75, 3.05) is 13.1 Å². The highest BCUT2D eigenvalue weighted by Gasteiger charge is 2.33. The average Bonchev–Trinajstić information content (AvgIpc) is 3.45. The Morgan fingerprint density at radius 2 is 1.69 bits per heavy atom. The van der Waals surface area contributed by atoms with Crippen molar-refractivity contribution in [1.82, 2.24) is 24.6 Å². The van der Waals surface area contributed by atoms with Crippen molar-refractivity contribution in [3.63, 3.8) is 0 Å². The van der Waals surface area contributed by atoms with Crippen LogP contribution in [0.1, 0.15) is 18.4 Å². The molecular weight excluding hydrogens is 448 g/mol. The van der Waals surface area contributed by atoms with E-state index in [4.69, 9.17) is 0 Å². The zero-order valence-electron chi connectivity index (χ0n) is 19.3. The summed E-state index contributed by atoms with van der Waals surface area (Å²) in [5.41, 5.74) is 5.96. The number of benzene rings is 2. The maximum atomic E-state index is 13.5. The molecule has 0 radical (unpaired) electrons. The van der Waals surface area contributed by atoms with Gasteiger partial charge < -0.3 is 9.97 Å². The average molecular weight is 474 g/mol. The second kappa shape index (κ2) is 8.16. The molecule has 2 N–H and O–H groups in total. The van der Waals surface area contributed by atoms with Gasteiger partial charge in [-0.3, -0.25) is 14.4 Å². The van der Waals surface area contributed by atoms with Crippen LogP contribution in [0.5, 0.6) is 0 Å². The summed E-state index contributed by atoms with van der Waals surface area (Å²) in [6.45, 7) is 1.44. The van der Waals surface area contributed by atoms with Crippen LogP contribution in [0, 0.1) is 0 Å². The summed E-state index contributed by atoms with van der Waals surface area (Å²) in [5.74, 6) is -2.54. The quantitative estimate of drug-likeness (QED) is 0.372. The van der Waals surface area contributed by atoms with E-state index in [1.807, 2.05) is 55.8 Å². The molecule has 1 aliphatic rings. The fourth-order valence-electron chi connectivity index (χ4n) is 4.88. The highest BCUT2D eigenvalue weighted by atomic mass is 19.3. The first-order valence-electron chi connectivity index (χ1n) is 11.7. The fraction of sp³-hybridized carbons (Fsp3) is 0.259. The van der Waals surface area contributed by atoms with Crippen LogP contribution in [0.4, 0.5) is 8.78 Å². The summed E-state index contributed by atoms with van der Waals surface area (Å²) in [7, 11) is 1.88. The van der Waals surface area contributed by atoms with Crippen LogP contribution in [0.25, 0.3) is 44.2 Å². The summed E-state index contributed by atoms with van der Waals surface area (Å²) in [4.78, 5) is 21.3. The van der Waals surface area contributed by atoms with Crippen LogP contribution in [-0.4, -0.2) is 43.7 Å². The monoisotopic (exact) mass is 473 g/mol. The van der Waals surface area contributed by atoms with Crippen molar-refractivity contribution < 1.29 is 8.78 Å². The Kier molecular flexibility index (Phi) is 5.07.